The Morgan fingerprint density at radius 2 is 1.97 bits per heavy atom. The van der Waals surface area contributed by atoms with E-state index in [0.29, 0.717) is 32.1 Å². The van der Waals surface area contributed by atoms with Crippen molar-refractivity contribution in [3.8, 4) is 0 Å². The SMILES string of the molecule is C[C@]12C=CC(=O)C=C1CC[C@H]1[C@@H]3C[C@@H]4OC5(CCCC5)O[C@@]4(C(=O)CO)[C@@]3(C)C[C@H](O)C12F. The van der Waals surface area contributed by atoms with E-state index in [4.69, 9.17) is 9.47 Å². The Hall–Kier alpha value is -1.41. The maximum absolute atomic E-state index is 17.3. The highest BCUT2D eigenvalue weighted by Gasteiger charge is 2.80. The van der Waals surface area contributed by atoms with Crippen molar-refractivity contribution in [1.29, 1.82) is 0 Å². The molecule has 1 aliphatic heterocycles. The molecule has 0 aromatic rings. The van der Waals surface area contributed by atoms with Crippen molar-refractivity contribution in [2.45, 2.75) is 94.5 Å². The summed E-state index contributed by atoms with van der Waals surface area (Å²) >= 11 is 0. The van der Waals surface area contributed by atoms with Crippen molar-refractivity contribution in [3.63, 3.8) is 0 Å². The van der Waals surface area contributed by atoms with E-state index in [1.165, 1.54) is 12.2 Å². The minimum atomic E-state index is -1.97. The van der Waals surface area contributed by atoms with Crippen LogP contribution < -0.4 is 0 Å². The van der Waals surface area contributed by atoms with Gasteiger partial charge in [-0.2, -0.15) is 0 Å². The molecular formula is C26H33FO6. The van der Waals surface area contributed by atoms with Crippen LogP contribution in [0.4, 0.5) is 4.39 Å². The lowest BCUT2D eigenvalue weighted by Crippen LogP contribution is -2.70. The molecule has 1 unspecified atom stereocenters. The number of fused-ring (bicyclic) bond motifs is 7. The van der Waals surface area contributed by atoms with E-state index in [1.54, 1.807) is 13.0 Å². The Labute approximate surface area is 193 Å². The number of hydrogen-bond donors (Lipinski definition) is 2. The quantitative estimate of drug-likeness (QED) is 0.658. The lowest BCUT2D eigenvalue weighted by molar-refractivity contribution is -0.253. The van der Waals surface area contributed by atoms with Gasteiger partial charge in [0.1, 0.15) is 6.61 Å². The predicted molar refractivity (Wildman–Crippen MR) is 116 cm³/mol. The van der Waals surface area contributed by atoms with Gasteiger partial charge in [0.15, 0.2) is 28.6 Å². The maximum atomic E-state index is 17.3. The van der Waals surface area contributed by atoms with E-state index in [1.807, 2.05) is 6.92 Å². The summed E-state index contributed by atoms with van der Waals surface area (Å²) in [7, 11) is 0. The van der Waals surface area contributed by atoms with Crippen LogP contribution in [0.3, 0.4) is 0 Å². The van der Waals surface area contributed by atoms with E-state index in [2.05, 4.69) is 0 Å². The molecule has 2 N–H and O–H groups in total. The number of rotatable bonds is 2. The molecule has 5 aliphatic carbocycles. The van der Waals surface area contributed by atoms with Gasteiger partial charge in [-0.25, -0.2) is 4.39 Å². The molecule has 6 aliphatic rings. The van der Waals surface area contributed by atoms with E-state index in [-0.39, 0.29) is 18.1 Å². The van der Waals surface area contributed by atoms with Gasteiger partial charge in [-0.05, 0) is 63.5 Å². The van der Waals surface area contributed by atoms with Crippen LogP contribution in [0.1, 0.15) is 65.2 Å². The average Bonchev–Trinajstić information content (AvgIpc) is 3.43. The fourth-order valence-corrected chi connectivity index (χ4v) is 8.88. The van der Waals surface area contributed by atoms with Gasteiger partial charge in [-0.3, -0.25) is 9.59 Å². The number of allylic oxidation sites excluding steroid dienone is 4. The Morgan fingerprint density at radius 1 is 1.24 bits per heavy atom. The van der Waals surface area contributed by atoms with Crippen LogP contribution in [0.5, 0.6) is 0 Å². The summed E-state index contributed by atoms with van der Waals surface area (Å²) in [5.74, 6) is -2.17. The first kappa shape index (κ1) is 22.1. The number of ether oxygens (including phenoxy) is 2. The molecule has 0 amide bonds. The Kier molecular flexibility index (Phi) is 4.43. The van der Waals surface area contributed by atoms with Crippen molar-refractivity contribution < 1.29 is 33.7 Å². The first-order chi connectivity index (χ1) is 15.6. The van der Waals surface area contributed by atoms with Crippen LogP contribution in [0.2, 0.25) is 0 Å². The van der Waals surface area contributed by atoms with Gasteiger partial charge in [-0.15, -0.1) is 0 Å². The molecule has 5 fully saturated rings. The summed E-state index contributed by atoms with van der Waals surface area (Å²) < 4.78 is 30.4. The molecule has 33 heavy (non-hydrogen) atoms. The number of hydrogen-bond acceptors (Lipinski definition) is 6. The molecule has 0 radical (unpaired) electrons. The second-order valence-corrected chi connectivity index (χ2v) is 11.6. The number of halogens is 1. The highest BCUT2D eigenvalue weighted by molar-refractivity contribution is 6.01. The average molecular weight is 461 g/mol. The molecule has 8 atom stereocenters. The topological polar surface area (TPSA) is 93.1 Å². The largest absolute Gasteiger partial charge is 0.390 e. The highest BCUT2D eigenvalue weighted by atomic mass is 19.1. The monoisotopic (exact) mass is 460 g/mol. The molecule has 0 bridgehead atoms. The van der Waals surface area contributed by atoms with E-state index >= 15 is 4.39 Å². The van der Waals surface area contributed by atoms with Crippen molar-refractivity contribution in [2.24, 2.45) is 22.7 Å². The number of Topliss-reactive ketones (excluding diaryl/α,β-unsaturated/α-hetero) is 1. The standard InChI is InChI=1S/C26H33FO6/c1-22-10-7-16(29)11-15(22)5-6-17-18-12-21-26(20(31)14-28,33-24(32-21)8-3-4-9-24)23(18,2)13-19(30)25(17,22)27/h7,10-11,17-19,21,28,30H,3-6,8-9,12-14H2,1-2H3/t17-,18-,19-,21-,22-,23-,25?,26+/m0/s1. The molecule has 6 rings (SSSR count). The normalized spacial score (nSPS) is 51.7. The summed E-state index contributed by atoms with van der Waals surface area (Å²) in [4.78, 5) is 25.4. The van der Waals surface area contributed by atoms with Gasteiger partial charge < -0.3 is 19.7 Å². The molecule has 4 saturated carbocycles. The molecule has 1 saturated heterocycles. The summed E-state index contributed by atoms with van der Waals surface area (Å²) in [5, 5.41) is 21.5. The van der Waals surface area contributed by atoms with E-state index in [0.717, 1.165) is 18.4 Å². The minimum Gasteiger partial charge on any atom is -0.390 e. The lowest BCUT2D eigenvalue weighted by atomic mass is 9.44. The number of carbonyl (C=O) groups excluding carboxylic acids is 2. The van der Waals surface area contributed by atoms with Gasteiger partial charge >= 0.3 is 0 Å². The minimum absolute atomic E-state index is 0.0387. The second kappa shape index (κ2) is 6.62. The van der Waals surface area contributed by atoms with E-state index in [9.17, 15) is 19.8 Å². The first-order valence-electron chi connectivity index (χ1n) is 12.4. The first-order valence-corrected chi connectivity index (χ1v) is 12.4. The van der Waals surface area contributed by atoms with Crippen molar-refractivity contribution >= 4 is 11.6 Å². The predicted octanol–water partition coefficient (Wildman–Crippen LogP) is 2.95. The molecule has 0 aromatic carbocycles. The number of ketones is 2. The van der Waals surface area contributed by atoms with Crippen LogP contribution in [0.25, 0.3) is 0 Å². The molecule has 0 aromatic heterocycles. The highest BCUT2D eigenvalue weighted by Crippen LogP contribution is 2.73. The smallest absolute Gasteiger partial charge is 0.193 e. The zero-order valence-electron chi connectivity index (χ0n) is 19.3. The fourth-order valence-electron chi connectivity index (χ4n) is 8.88. The van der Waals surface area contributed by atoms with Gasteiger partial charge in [0.2, 0.25) is 0 Å². The van der Waals surface area contributed by atoms with Gasteiger partial charge in [-0.1, -0.05) is 18.6 Å². The second-order valence-electron chi connectivity index (χ2n) is 11.6. The van der Waals surface area contributed by atoms with E-state index < -0.39 is 58.4 Å². The van der Waals surface area contributed by atoms with Crippen LogP contribution in [0.15, 0.2) is 23.8 Å². The Bertz CT molecular complexity index is 983. The summed E-state index contributed by atoms with van der Waals surface area (Å²) in [5.41, 5.74) is -4.56. The molecular weight excluding hydrogens is 427 g/mol. The van der Waals surface area contributed by atoms with Gasteiger partial charge in [0, 0.05) is 29.6 Å². The Balaban J connectivity index is 1.46. The third-order valence-electron chi connectivity index (χ3n) is 10.4. The van der Waals surface area contributed by atoms with Gasteiger partial charge in [0.05, 0.1) is 12.2 Å². The molecule has 7 heteroatoms. The van der Waals surface area contributed by atoms with Crippen LogP contribution in [-0.2, 0) is 19.1 Å². The third-order valence-corrected chi connectivity index (χ3v) is 10.4. The van der Waals surface area contributed by atoms with Crippen molar-refractivity contribution in [2.75, 3.05) is 6.61 Å². The molecule has 180 valence electrons. The fraction of sp³-hybridized carbons (Fsp3) is 0.769. The van der Waals surface area contributed by atoms with Gasteiger partial charge in [0.25, 0.3) is 0 Å². The number of alkyl halides is 1. The summed E-state index contributed by atoms with van der Waals surface area (Å²) in [6, 6.07) is 0. The summed E-state index contributed by atoms with van der Waals surface area (Å²) in [6.45, 7) is 3.04. The van der Waals surface area contributed by atoms with Crippen molar-refractivity contribution in [1.82, 2.24) is 0 Å². The van der Waals surface area contributed by atoms with Crippen LogP contribution in [0, 0.1) is 22.7 Å². The number of aliphatic hydroxyl groups is 2. The zero-order valence-corrected chi connectivity index (χ0v) is 19.3. The molecule has 6 nitrogen and oxygen atoms in total. The zero-order chi connectivity index (χ0) is 23.4. The summed E-state index contributed by atoms with van der Waals surface area (Å²) in [6.07, 6.45) is 7.52. The third kappa shape index (κ3) is 2.38. The number of carbonyl (C=O) groups is 2. The van der Waals surface area contributed by atoms with Crippen LogP contribution >= 0.6 is 0 Å². The number of aliphatic hydroxyl groups excluding tert-OH is 2. The van der Waals surface area contributed by atoms with Crippen LogP contribution in [-0.4, -0.2) is 57.7 Å². The maximum Gasteiger partial charge on any atom is 0.193 e. The molecule has 1 spiro atoms. The van der Waals surface area contributed by atoms with Crippen molar-refractivity contribution in [3.05, 3.63) is 23.8 Å². The Morgan fingerprint density at radius 3 is 2.67 bits per heavy atom. The lowest BCUT2D eigenvalue weighted by Gasteiger charge is -2.62. The molecule has 1 heterocycles.